The van der Waals surface area contributed by atoms with Gasteiger partial charge in [-0.15, -0.1) is 22.7 Å². The van der Waals surface area contributed by atoms with Crippen molar-refractivity contribution >= 4 is 32.7 Å². The van der Waals surface area contributed by atoms with Gasteiger partial charge in [0.15, 0.2) is 0 Å². The molecule has 0 atom stereocenters. The summed E-state index contributed by atoms with van der Waals surface area (Å²) < 4.78 is 27.4. The minimum Gasteiger partial charge on any atom is -0.313 e. The van der Waals surface area contributed by atoms with Crippen LogP contribution in [0.4, 0.5) is 0 Å². The average Bonchev–Trinajstić information content (AvgIpc) is 3.06. The van der Waals surface area contributed by atoms with Crippen LogP contribution in [-0.4, -0.2) is 19.9 Å². The Hall–Kier alpha value is -0.800. The SMILES string of the molecule is CCCNCc1csc(S(=O)(=O)NCc2cnc(C)s2)c1. The number of sulfonamides is 1. The van der Waals surface area contributed by atoms with Crippen molar-refractivity contribution < 1.29 is 8.42 Å². The van der Waals surface area contributed by atoms with Gasteiger partial charge in [-0.1, -0.05) is 6.92 Å². The van der Waals surface area contributed by atoms with Crippen molar-refractivity contribution in [1.29, 1.82) is 0 Å². The molecule has 0 aromatic carbocycles. The molecule has 0 radical (unpaired) electrons. The van der Waals surface area contributed by atoms with Crippen LogP contribution in [0.3, 0.4) is 0 Å². The lowest BCUT2D eigenvalue weighted by molar-refractivity contribution is 0.583. The summed E-state index contributed by atoms with van der Waals surface area (Å²) in [4.78, 5) is 5.03. The Kier molecular flexibility index (Phi) is 5.88. The maximum absolute atomic E-state index is 12.2. The first-order valence-corrected chi connectivity index (χ1v) is 9.88. The molecule has 0 spiro atoms. The fraction of sp³-hybridized carbons (Fsp3) is 0.462. The fourth-order valence-corrected chi connectivity index (χ4v) is 4.81. The molecule has 2 heterocycles. The molecule has 21 heavy (non-hydrogen) atoms. The largest absolute Gasteiger partial charge is 0.313 e. The first-order chi connectivity index (χ1) is 10.0. The maximum atomic E-state index is 12.2. The molecular formula is C13H19N3O2S3. The van der Waals surface area contributed by atoms with E-state index < -0.39 is 10.0 Å². The van der Waals surface area contributed by atoms with Crippen molar-refractivity contribution in [2.75, 3.05) is 6.54 Å². The van der Waals surface area contributed by atoms with E-state index in [-0.39, 0.29) is 6.54 Å². The van der Waals surface area contributed by atoms with E-state index in [1.165, 1.54) is 22.7 Å². The Bertz CT molecular complexity index is 676. The van der Waals surface area contributed by atoms with E-state index in [9.17, 15) is 8.42 Å². The Labute approximate surface area is 133 Å². The van der Waals surface area contributed by atoms with Crippen LogP contribution >= 0.6 is 22.7 Å². The van der Waals surface area contributed by atoms with Crippen LogP contribution < -0.4 is 10.0 Å². The van der Waals surface area contributed by atoms with Crippen molar-refractivity contribution in [3.05, 3.63) is 33.1 Å². The van der Waals surface area contributed by atoms with Gasteiger partial charge in [-0.25, -0.2) is 18.1 Å². The van der Waals surface area contributed by atoms with Gasteiger partial charge in [-0.3, -0.25) is 0 Å². The van der Waals surface area contributed by atoms with Crippen molar-refractivity contribution in [3.63, 3.8) is 0 Å². The van der Waals surface area contributed by atoms with E-state index >= 15 is 0 Å². The number of rotatable bonds is 8. The third kappa shape index (κ3) is 4.86. The van der Waals surface area contributed by atoms with E-state index in [1.54, 1.807) is 12.3 Å². The molecule has 0 amide bonds. The monoisotopic (exact) mass is 345 g/mol. The molecule has 0 saturated carbocycles. The molecule has 2 aromatic rings. The minimum absolute atomic E-state index is 0.287. The van der Waals surface area contributed by atoms with E-state index in [0.29, 0.717) is 10.8 Å². The first-order valence-electron chi connectivity index (χ1n) is 6.70. The summed E-state index contributed by atoms with van der Waals surface area (Å²) in [6, 6.07) is 1.73. The number of nitrogens with one attached hydrogen (secondary N) is 2. The highest BCUT2D eigenvalue weighted by atomic mass is 32.2. The molecule has 0 aliphatic carbocycles. The van der Waals surface area contributed by atoms with Crippen LogP contribution in [-0.2, 0) is 23.1 Å². The van der Waals surface area contributed by atoms with Crippen molar-refractivity contribution in [2.24, 2.45) is 0 Å². The number of thiophene rings is 1. The van der Waals surface area contributed by atoms with Gasteiger partial charge in [0.25, 0.3) is 0 Å². The second-order valence-electron chi connectivity index (χ2n) is 4.62. The van der Waals surface area contributed by atoms with Crippen molar-refractivity contribution in [2.45, 2.75) is 37.6 Å². The van der Waals surface area contributed by atoms with Gasteiger partial charge in [0, 0.05) is 24.2 Å². The summed E-state index contributed by atoms with van der Waals surface area (Å²) in [7, 11) is -3.44. The highest BCUT2D eigenvalue weighted by Gasteiger charge is 2.16. The quantitative estimate of drug-likeness (QED) is 0.721. The summed E-state index contributed by atoms with van der Waals surface area (Å²) in [6.45, 7) is 5.92. The lowest BCUT2D eigenvalue weighted by Crippen LogP contribution is -2.22. The second-order valence-corrected chi connectivity index (χ2v) is 8.85. The zero-order valence-corrected chi connectivity index (χ0v) is 14.5. The smallest absolute Gasteiger partial charge is 0.250 e. The standard InChI is InChI=1S/C13H19N3O2S3/c1-3-4-14-6-11-5-13(19-9-11)21(17,18)16-8-12-7-15-10(2)20-12/h5,7,9,14,16H,3-4,6,8H2,1-2H3. The molecular weight excluding hydrogens is 326 g/mol. The Morgan fingerprint density at radius 3 is 2.81 bits per heavy atom. The highest BCUT2D eigenvalue weighted by Crippen LogP contribution is 2.21. The second kappa shape index (κ2) is 7.46. The number of aryl methyl sites for hydroxylation is 1. The van der Waals surface area contributed by atoms with Crippen LogP contribution in [0.2, 0.25) is 0 Å². The molecule has 0 aliphatic heterocycles. The average molecular weight is 346 g/mol. The Morgan fingerprint density at radius 1 is 1.33 bits per heavy atom. The third-order valence-electron chi connectivity index (χ3n) is 2.76. The van der Waals surface area contributed by atoms with E-state index in [0.717, 1.165) is 28.4 Å². The highest BCUT2D eigenvalue weighted by molar-refractivity contribution is 7.91. The summed E-state index contributed by atoms with van der Waals surface area (Å²) in [5.41, 5.74) is 1.00. The molecule has 0 saturated heterocycles. The first kappa shape index (κ1) is 16.6. The Morgan fingerprint density at radius 2 is 2.14 bits per heavy atom. The number of thiazole rings is 1. The van der Waals surface area contributed by atoms with Gasteiger partial charge in [0.2, 0.25) is 10.0 Å². The topological polar surface area (TPSA) is 71.1 Å². The zero-order chi connectivity index (χ0) is 15.3. The molecule has 2 rings (SSSR count). The molecule has 116 valence electrons. The van der Waals surface area contributed by atoms with E-state index in [4.69, 9.17) is 0 Å². The van der Waals surface area contributed by atoms with Gasteiger partial charge in [-0.05, 0) is 36.9 Å². The number of hydrogen-bond acceptors (Lipinski definition) is 6. The predicted octanol–water partition coefficient (Wildman–Crippen LogP) is 2.49. The molecule has 5 nitrogen and oxygen atoms in total. The van der Waals surface area contributed by atoms with E-state index in [1.807, 2.05) is 12.3 Å². The molecule has 0 fully saturated rings. The molecule has 0 aliphatic rings. The van der Waals surface area contributed by atoms with Crippen LogP contribution in [0, 0.1) is 6.92 Å². The van der Waals surface area contributed by atoms with E-state index in [2.05, 4.69) is 21.9 Å². The zero-order valence-electron chi connectivity index (χ0n) is 12.0. The molecule has 0 unspecified atom stereocenters. The number of nitrogens with zero attached hydrogens (tertiary/aromatic N) is 1. The fourth-order valence-electron chi connectivity index (χ4n) is 1.72. The van der Waals surface area contributed by atoms with Crippen LogP contribution in [0.5, 0.6) is 0 Å². The minimum atomic E-state index is -3.44. The third-order valence-corrected chi connectivity index (χ3v) is 6.56. The normalized spacial score (nSPS) is 11.9. The van der Waals surface area contributed by atoms with Crippen LogP contribution in [0.15, 0.2) is 21.9 Å². The molecule has 2 N–H and O–H groups in total. The number of aromatic nitrogens is 1. The maximum Gasteiger partial charge on any atom is 0.250 e. The van der Waals surface area contributed by atoms with Gasteiger partial charge >= 0.3 is 0 Å². The number of hydrogen-bond donors (Lipinski definition) is 2. The van der Waals surface area contributed by atoms with Gasteiger partial charge in [0.05, 0.1) is 5.01 Å². The lowest BCUT2D eigenvalue weighted by atomic mass is 10.3. The van der Waals surface area contributed by atoms with Crippen LogP contribution in [0.25, 0.3) is 0 Å². The summed E-state index contributed by atoms with van der Waals surface area (Å²) >= 11 is 2.75. The van der Waals surface area contributed by atoms with Gasteiger partial charge < -0.3 is 5.32 Å². The summed E-state index contributed by atoms with van der Waals surface area (Å²) in [5, 5.41) is 6.08. The molecule has 0 bridgehead atoms. The molecule has 2 aromatic heterocycles. The summed E-state index contributed by atoms with van der Waals surface area (Å²) in [6.07, 6.45) is 2.77. The van der Waals surface area contributed by atoms with Gasteiger partial charge in [-0.2, -0.15) is 0 Å². The lowest BCUT2D eigenvalue weighted by Gasteiger charge is -2.02. The Balaban J connectivity index is 1.95. The van der Waals surface area contributed by atoms with Crippen LogP contribution in [0.1, 0.15) is 28.8 Å². The van der Waals surface area contributed by atoms with Crippen molar-refractivity contribution in [1.82, 2.24) is 15.0 Å². The predicted molar refractivity (Wildman–Crippen MR) is 87.2 cm³/mol. The molecule has 8 heteroatoms. The van der Waals surface area contributed by atoms with Crippen molar-refractivity contribution in [3.8, 4) is 0 Å². The van der Waals surface area contributed by atoms with Gasteiger partial charge in [0.1, 0.15) is 4.21 Å². The summed E-state index contributed by atoms with van der Waals surface area (Å²) in [5.74, 6) is 0.